The number of carboxylic acids is 1. The summed E-state index contributed by atoms with van der Waals surface area (Å²) in [6.45, 7) is 4.44. The van der Waals surface area contributed by atoms with E-state index in [1.807, 2.05) is 0 Å². The Balaban J connectivity index is 1.74. The Morgan fingerprint density at radius 2 is 2.00 bits per heavy atom. The third kappa shape index (κ3) is 6.30. The maximum absolute atomic E-state index is 12.6. The predicted molar refractivity (Wildman–Crippen MR) is 93.9 cm³/mol. The first kappa shape index (κ1) is 19.7. The largest absolute Gasteiger partial charge is 0.481 e. The van der Waals surface area contributed by atoms with Crippen LogP contribution in [0.25, 0.3) is 0 Å². The zero-order valence-corrected chi connectivity index (χ0v) is 15.1. The molecule has 0 aromatic heterocycles. The number of aliphatic carboxylic acids is 1. The minimum atomic E-state index is -0.938. The molecule has 2 heterocycles. The first-order valence-corrected chi connectivity index (χ1v) is 9.46. The Kier molecular flexibility index (Phi) is 7.68. The maximum atomic E-state index is 12.6. The van der Waals surface area contributed by atoms with E-state index in [1.54, 1.807) is 11.8 Å². The van der Waals surface area contributed by atoms with Gasteiger partial charge in [-0.15, -0.1) is 0 Å². The fourth-order valence-corrected chi connectivity index (χ4v) is 3.64. The van der Waals surface area contributed by atoms with E-state index in [-0.39, 0.29) is 30.8 Å². The second-order valence-corrected chi connectivity index (χ2v) is 7.41. The van der Waals surface area contributed by atoms with Crippen LogP contribution < -0.4 is 10.6 Å². The van der Waals surface area contributed by atoms with Crippen LogP contribution >= 0.6 is 0 Å². The highest BCUT2D eigenvalue weighted by molar-refractivity contribution is 5.86. The van der Waals surface area contributed by atoms with Crippen LogP contribution in [0.4, 0.5) is 0 Å². The quantitative estimate of drug-likeness (QED) is 0.601. The summed E-state index contributed by atoms with van der Waals surface area (Å²) in [4.78, 5) is 37.0. The smallest absolute Gasteiger partial charge is 0.308 e. The molecule has 0 saturated carbocycles. The Morgan fingerprint density at radius 1 is 1.28 bits per heavy atom. The molecule has 1 unspecified atom stereocenters. The molecule has 0 aromatic carbocycles. The number of rotatable bonds is 8. The van der Waals surface area contributed by atoms with Crippen LogP contribution in [0.1, 0.15) is 45.4 Å². The summed E-state index contributed by atoms with van der Waals surface area (Å²) in [5, 5.41) is 14.8. The second kappa shape index (κ2) is 9.75. The summed E-state index contributed by atoms with van der Waals surface area (Å²) in [7, 11) is 0. The number of carbonyl (C=O) groups is 3. The van der Waals surface area contributed by atoms with Gasteiger partial charge in [-0.3, -0.25) is 14.4 Å². The lowest BCUT2D eigenvalue weighted by atomic mass is 9.86. The number of carboxylic acid groups (broad SMARTS) is 1. The molecule has 7 nitrogen and oxygen atoms in total. The highest BCUT2D eigenvalue weighted by atomic mass is 16.4. The predicted octanol–water partition coefficient (Wildman–Crippen LogP) is 0.842. The number of piperidine rings is 2. The third-order valence-electron chi connectivity index (χ3n) is 5.39. The van der Waals surface area contributed by atoms with E-state index >= 15 is 0 Å². The summed E-state index contributed by atoms with van der Waals surface area (Å²) in [5.74, 6) is -1.01. The van der Waals surface area contributed by atoms with Crippen molar-refractivity contribution in [3.8, 4) is 0 Å². The average Bonchev–Trinajstić information content (AvgIpc) is 2.61. The number of hydrogen-bond donors (Lipinski definition) is 3. The Bertz CT molecular complexity index is 477. The van der Waals surface area contributed by atoms with Crippen LogP contribution in [0.3, 0.4) is 0 Å². The van der Waals surface area contributed by atoms with Gasteiger partial charge in [-0.05, 0) is 57.5 Å². The topological polar surface area (TPSA) is 98.7 Å². The average molecular weight is 353 g/mol. The number of likely N-dealkylation sites (tertiary alicyclic amines) is 1. The normalized spacial score (nSPS) is 23.3. The van der Waals surface area contributed by atoms with Crippen molar-refractivity contribution in [1.29, 1.82) is 0 Å². The zero-order chi connectivity index (χ0) is 18.2. The monoisotopic (exact) mass is 353 g/mol. The molecule has 7 heteroatoms. The minimum absolute atomic E-state index is 0.0365. The van der Waals surface area contributed by atoms with Crippen LogP contribution in [0.15, 0.2) is 0 Å². The lowest BCUT2D eigenvalue weighted by molar-refractivity contribution is -0.143. The van der Waals surface area contributed by atoms with E-state index in [0.29, 0.717) is 12.5 Å². The van der Waals surface area contributed by atoms with Gasteiger partial charge in [-0.1, -0.05) is 6.92 Å². The van der Waals surface area contributed by atoms with E-state index < -0.39 is 11.9 Å². The SMILES string of the molecule is CC(CNC(=O)CN1CCC[C@@H](CCC2CCNCC2)C1=O)C(=O)O. The van der Waals surface area contributed by atoms with Crippen molar-refractivity contribution in [2.24, 2.45) is 17.8 Å². The Labute approximate surface area is 149 Å². The molecular weight excluding hydrogens is 322 g/mol. The molecule has 0 bridgehead atoms. The summed E-state index contributed by atoms with van der Waals surface area (Å²) in [6.07, 6.45) is 6.23. The van der Waals surface area contributed by atoms with Crippen LogP contribution in [-0.2, 0) is 14.4 Å². The molecule has 0 spiro atoms. The zero-order valence-electron chi connectivity index (χ0n) is 15.1. The van der Waals surface area contributed by atoms with Crippen molar-refractivity contribution in [1.82, 2.24) is 15.5 Å². The molecule has 2 rings (SSSR count). The molecular formula is C18H31N3O4. The van der Waals surface area contributed by atoms with Crippen LogP contribution in [-0.4, -0.2) is 60.5 Å². The van der Waals surface area contributed by atoms with Crippen molar-refractivity contribution in [3.63, 3.8) is 0 Å². The van der Waals surface area contributed by atoms with Gasteiger partial charge in [0.15, 0.2) is 0 Å². The molecule has 2 atom stereocenters. The lowest BCUT2D eigenvalue weighted by Gasteiger charge is -2.33. The van der Waals surface area contributed by atoms with Crippen molar-refractivity contribution >= 4 is 17.8 Å². The summed E-state index contributed by atoms with van der Waals surface area (Å²) >= 11 is 0. The van der Waals surface area contributed by atoms with Crippen molar-refractivity contribution in [2.45, 2.75) is 45.4 Å². The van der Waals surface area contributed by atoms with Crippen LogP contribution in [0.2, 0.25) is 0 Å². The van der Waals surface area contributed by atoms with E-state index in [2.05, 4.69) is 10.6 Å². The van der Waals surface area contributed by atoms with Crippen molar-refractivity contribution in [2.75, 3.05) is 32.7 Å². The number of nitrogens with one attached hydrogen (secondary N) is 2. The highest BCUT2D eigenvalue weighted by Crippen LogP contribution is 2.27. The molecule has 2 amide bonds. The molecule has 142 valence electrons. The van der Waals surface area contributed by atoms with Gasteiger partial charge in [0.05, 0.1) is 12.5 Å². The summed E-state index contributed by atoms with van der Waals surface area (Å²) in [6, 6.07) is 0. The van der Waals surface area contributed by atoms with E-state index in [4.69, 9.17) is 5.11 Å². The van der Waals surface area contributed by atoms with E-state index in [0.717, 1.165) is 38.8 Å². The molecule has 25 heavy (non-hydrogen) atoms. The second-order valence-electron chi connectivity index (χ2n) is 7.41. The molecule has 2 fully saturated rings. The van der Waals surface area contributed by atoms with Gasteiger partial charge < -0.3 is 20.6 Å². The van der Waals surface area contributed by atoms with Gasteiger partial charge in [-0.25, -0.2) is 0 Å². The standard InChI is InChI=1S/C18H31N3O4/c1-13(18(24)25)11-20-16(22)12-21-10-2-3-15(17(21)23)5-4-14-6-8-19-9-7-14/h13-15,19H,2-12H2,1H3,(H,20,22)(H,24,25)/t13?,15-/m0/s1. The van der Waals surface area contributed by atoms with Crippen molar-refractivity contribution in [3.05, 3.63) is 0 Å². The van der Waals surface area contributed by atoms with Gasteiger partial charge >= 0.3 is 5.97 Å². The number of hydrogen-bond acceptors (Lipinski definition) is 4. The molecule has 3 N–H and O–H groups in total. The van der Waals surface area contributed by atoms with Gasteiger partial charge in [-0.2, -0.15) is 0 Å². The van der Waals surface area contributed by atoms with E-state index in [9.17, 15) is 14.4 Å². The van der Waals surface area contributed by atoms with Gasteiger partial charge in [0.2, 0.25) is 11.8 Å². The Morgan fingerprint density at radius 3 is 2.68 bits per heavy atom. The fraction of sp³-hybridized carbons (Fsp3) is 0.833. The van der Waals surface area contributed by atoms with Crippen LogP contribution in [0, 0.1) is 17.8 Å². The number of nitrogens with zero attached hydrogens (tertiary/aromatic N) is 1. The van der Waals surface area contributed by atoms with Gasteiger partial charge in [0, 0.05) is 19.0 Å². The molecule has 2 aliphatic rings. The lowest BCUT2D eigenvalue weighted by Crippen LogP contribution is -2.47. The van der Waals surface area contributed by atoms with E-state index in [1.165, 1.54) is 12.8 Å². The summed E-state index contributed by atoms with van der Waals surface area (Å²) in [5.41, 5.74) is 0. The van der Waals surface area contributed by atoms with Crippen LogP contribution in [0.5, 0.6) is 0 Å². The summed E-state index contributed by atoms with van der Waals surface area (Å²) < 4.78 is 0. The third-order valence-corrected chi connectivity index (χ3v) is 5.39. The molecule has 0 aromatic rings. The first-order chi connectivity index (χ1) is 12.0. The molecule has 2 aliphatic heterocycles. The number of amides is 2. The highest BCUT2D eigenvalue weighted by Gasteiger charge is 2.30. The maximum Gasteiger partial charge on any atom is 0.308 e. The number of carbonyl (C=O) groups excluding carboxylic acids is 2. The molecule has 0 radical (unpaired) electrons. The minimum Gasteiger partial charge on any atom is -0.481 e. The first-order valence-electron chi connectivity index (χ1n) is 9.46. The van der Waals surface area contributed by atoms with Gasteiger partial charge in [0.25, 0.3) is 0 Å². The van der Waals surface area contributed by atoms with Gasteiger partial charge in [0.1, 0.15) is 0 Å². The fourth-order valence-electron chi connectivity index (χ4n) is 3.64. The molecule has 0 aliphatic carbocycles. The van der Waals surface area contributed by atoms with Crippen molar-refractivity contribution < 1.29 is 19.5 Å². The molecule has 2 saturated heterocycles. The Hall–Kier alpha value is -1.63.